The van der Waals surface area contributed by atoms with Crippen LogP contribution < -0.4 is 14.3 Å². The molecule has 0 saturated heterocycles. The Kier molecular flexibility index (Phi) is 5.09. The van der Waals surface area contributed by atoms with Crippen molar-refractivity contribution in [2.75, 3.05) is 13.3 Å². The minimum absolute atomic E-state index is 0.249. The van der Waals surface area contributed by atoms with Gasteiger partial charge in [0.25, 0.3) is 0 Å². The predicted molar refractivity (Wildman–Crippen MR) is 109 cm³/mol. The molecule has 3 aromatic rings. The number of nitrogens with zero attached hydrogens (tertiary/aromatic N) is 3. The lowest BCUT2D eigenvalue weighted by atomic mass is 10.2. The number of hydrogen-bond acceptors (Lipinski definition) is 5. The molecule has 0 saturated carbocycles. The van der Waals surface area contributed by atoms with Gasteiger partial charge >= 0.3 is 0 Å². The van der Waals surface area contributed by atoms with E-state index in [0.29, 0.717) is 11.6 Å². The van der Waals surface area contributed by atoms with Gasteiger partial charge in [-0.1, -0.05) is 29.8 Å². The van der Waals surface area contributed by atoms with E-state index in [4.69, 9.17) is 21.1 Å². The fourth-order valence-electron chi connectivity index (χ4n) is 2.63. The van der Waals surface area contributed by atoms with Crippen molar-refractivity contribution in [3.8, 4) is 22.8 Å². The third-order valence-electron chi connectivity index (χ3n) is 3.88. The number of ether oxygens (including phenoxy) is 2. The van der Waals surface area contributed by atoms with Crippen molar-refractivity contribution in [3.05, 3.63) is 75.9 Å². The molecule has 2 heterocycles. The Bertz CT molecular complexity index is 1080. The van der Waals surface area contributed by atoms with Gasteiger partial charge < -0.3 is 9.47 Å². The minimum atomic E-state index is 0.249. The van der Waals surface area contributed by atoms with Gasteiger partial charge in [-0.15, -0.1) is 17.9 Å². The summed E-state index contributed by atoms with van der Waals surface area (Å²) in [7, 11) is 0. The van der Waals surface area contributed by atoms with E-state index in [1.54, 1.807) is 12.3 Å². The first-order valence-corrected chi connectivity index (χ1v) is 9.52. The van der Waals surface area contributed by atoms with Crippen LogP contribution in [0.1, 0.15) is 5.56 Å². The molecule has 0 N–H and O–H groups in total. The fraction of sp³-hybridized carbons (Fsp3) is 0.100. The summed E-state index contributed by atoms with van der Waals surface area (Å²) in [4.78, 5) is 5.31. The Morgan fingerprint density at radius 1 is 1.19 bits per heavy atom. The molecule has 0 bridgehead atoms. The average Bonchev–Trinajstić information content (AvgIpc) is 3.30. The lowest BCUT2D eigenvalue weighted by molar-refractivity contribution is 0.174. The summed E-state index contributed by atoms with van der Waals surface area (Å²) in [5, 5.41) is 7.35. The van der Waals surface area contributed by atoms with Gasteiger partial charge in [-0.05, 0) is 35.9 Å². The molecule has 0 fully saturated rings. The van der Waals surface area contributed by atoms with Crippen LogP contribution in [0.25, 0.3) is 11.3 Å². The number of fused-ring (bicyclic) bond motifs is 1. The van der Waals surface area contributed by atoms with E-state index in [0.717, 1.165) is 33.1 Å². The third-order valence-corrected chi connectivity index (χ3v) is 4.97. The van der Waals surface area contributed by atoms with Gasteiger partial charge in [0.05, 0.1) is 18.5 Å². The van der Waals surface area contributed by atoms with Crippen molar-refractivity contribution in [2.24, 2.45) is 10.1 Å². The topological polar surface area (TPSA) is 48.1 Å². The number of thiazole rings is 1. The Hall–Kier alpha value is -2.83. The van der Waals surface area contributed by atoms with E-state index in [-0.39, 0.29) is 6.79 Å². The van der Waals surface area contributed by atoms with Gasteiger partial charge in [-0.3, -0.25) is 4.99 Å². The lowest BCUT2D eigenvalue weighted by Gasteiger charge is -2.04. The highest BCUT2D eigenvalue weighted by Gasteiger charge is 2.13. The molecule has 0 spiro atoms. The molecule has 27 heavy (non-hydrogen) atoms. The van der Waals surface area contributed by atoms with Crippen LogP contribution in [0.5, 0.6) is 11.5 Å². The number of aromatic nitrogens is 1. The van der Waals surface area contributed by atoms with Crippen molar-refractivity contribution in [3.63, 3.8) is 0 Å². The summed E-state index contributed by atoms with van der Waals surface area (Å²) in [5.74, 6) is 1.47. The molecule has 4 rings (SSSR count). The van der Waals surface area contributed by atoms with Crippen molar-refractivity contribution in [1.82, 2.24) is 4.68 Å². The molecule has 136 valence electrons. The van der Waals surface area contributed by atoms with Crippen LogP contribution in [0.2, 0.25) is 5.02 Å². The molecule has 0 aliphatic carbocycles. The van der Waals surface area contributed by atoms with Gasteiger partial charge in [0.15, 0.2) is 11.5 Å². The Balaban J connectivity index is 1.75. The molecule has 0 amide bonds. The van der Waals surface area contributed by atoms with Crippen LogP contribution in [0.3, 0.4) is 0 Å². The Labute approximate surface area is 165 Å². The highest BCUT2D eigenvalue weighted by atomic mass is 35.5. The SMILES string of the molecule is C=CCN=c1scc(-c2cccc(Cl)c2)n1/N=C/c1ccc2c(c1)OCO2. The summed E-state index contributed by atoms with van der Waals surface area (Å²) in [6.45, 7) is 4.50. The molecule has 0 unspecified atom stereocenters. The number of halogens is 1. The monoisotopic (exact) mass is 397 g/mol. The maximum Gasteiger partial charge on any atom is 0.231 e. The third kappa shape index (κ3) is 3.82. The fourth-order valence-corrected chi connectivity index (χ4v) is 3.66. The zero-order valence-electron chi connectivity index (χ0n) is 14.3. The first-order chi connectivity index (χ1) is 13.2. The molecule has 0 radical (unpaired) electrons. The van der Waals surface area contributed by atoms with Crippen molar-refractivity contribution >= 4 is 29.2 Å². The van der Waals surface area contributed by atoms with Gasteiger partial charge in [-0.2, -0.15) is 5.10 Å². The maximum atomic E-state index is 6.16. The summed E-state index contributed by atoms with van der Waals surface area (Å²) in [6.07, 6.45) is 3.53. The lowest BCUT2D eigenvalue weighted by Crippen LogP contribution is -2.12. The molecule has 2 aromatic carbocycles. The molecule has 5 nitrogen and oxygen atoms in total. The first kappa shape index (κ1) is 17.6. The van der Waals surface area contributed by atoms with E-state index in [2.05, 4.69) is 16.7 Å². The second kappa shape index (κ2) is 7.82. The van der Waals surface area contributed by atoms with Crippen LogP contribution in [0, 0.1) is 0 Å². The smallest absolute Gasteiger partial charge is 0.231 e. The van der Waals surface area contributed by atoms with Gasteiger partial charge in [0, 0.05) is 16.0 Å². The Morgan fingerprint density at radius 3 is 2.93 bits per heavy atom. The molecular weight excluding hydrogens is 382 g/mol. The largest absolute Gasteiger partial charge is 0.454 e. The summed E-state index contributed by atoms with van der Waals surface area (Å²) in [6, 6.07) is 13.4. The zero-order valence-corrected chi connectivity index (χ0v) is 15.9. The van der Waals surface area contributed by atoms with Crippen molar-refractivity contribution in [1.29, 1.82) is 0 Å². The van der Waals surface area contributed by atoms with E-state index < -0.39 is 0 Å². The van der Waals surface area contributed by atoms with Gasteiger partial charge in [0.2, 0.25) is 11.6 Å². The van der Waals surface area contributed by atoms with E-state index >= 15 is 0 Å². The zero-order chi connectivity index (χ0) is 18.6. The number of hydrogen-bond donors (Lipinski definition) is 0. The van der Waals surface area contributed by atoms with Crippen LogP contribution in [-0.2, 0) is 0 Å². The quantitative estimate of drug-likeness (QED) is 0.467. The number of benzene rings is 2. The van der Waals surface area contributed by atoms with Crippen LogP contribution >= 0.6 is 22.9 Å². The normalized spacial score (nSPS) is 13.4. The van der Waals surface area contributed by atoms with Crippen molar-refractivity contribution < 1.29 is 9.47 Å². The summed E-state index contributed by atoms with van der Waals surface area (Å²) < 4.78 is 12.6. The number of rotatable bonds is 5. The molecule has 1 aromatic heterocycles. The molecular formula is C20H16ClN3O2S. The molecule has 7 heteroatoms. The van der Waals surface area contributed by atoms with E-state index in [1.165, 1.54) is 11.3 Å². The second-order valence-electron chi connectivity index (χ2n) is 5.71. The second-order valence-corrected chi connectivity index (χ2v) is 6.99. The minimum Gasteiger partial charge on any atom is -0.454 e. The van der Waals surface area contributed by atoms with Crippen LogP contribution in [0.4, 0.5) is 0 Å². The molecule has 1 aliphatic rings. The summed E-state index contributed by atoms with van der Waals surface area (Å²) >= 11 is 7.68. The highest BCUT2D eigenvalue weighted by molar-refractivity contribution is 7.07. The summed E-state index contributed by atoms with van der Waals surface area (Å²) in [5.41, 5.74) is 2.80. The van der Waals surface area contributed by atoms with E-state index in [9.17, 15) is 0 Å². The van der Waals surface area contributed by atoms with E-state index in [1.807, 2.05) is 52.5 Å². The maximum absolute atomic E-state index is 6.16. The van der Waals surface area contributed by atoms with Gasteiger partial charge in [0.1, 0.15) is 0 Å². The van der Waals surface area contributed by atoms with Crippen molar-refractivity contribution in [2.45, 2.75) is 0 Å². The highest BCUT2D eigenvalue weighted by Crippen LogP contribution is 2.32. The van der Waals surface area contributed by atoms with Crippen LogP contribution in [0.15, 0.2) is 70.6 Å². The molecule has 0 atom stereocenters. The molecule has 1 aliphatic heterocycles. The average molecular weight is 398 g/mol. The Morgan fingerprint density at radius 2 is 2.07 bits per heavy atom. The predicted octanol–water partition coefficient (Wildman–Crippen LogP) is 4.57. The first-order valence-electron chi connectivity index (χ1n) is 8.26. The van der Waals surface area contributed by atoms with Crippen LogP contribution in [-0.4, -0.2) is 24.2 Å². The van der Waals surface area contributed by atoms with Gasteiger partial charge in [-0.25, -0.2) is 4.68 Å². The standard InChI is InChI=1S/C20H16ClN3O2S/c1-2-8-22-20-24(17(12-27-20)15-4-3-5-16(21)10-15)23-11-14-6-7-18-19(9-14)26-13-25-18/h2-7,9-12H,1,8,13H2/b22-20?,23-11+.